The molecule has 3 aromatic rings. The second-order valence-corrected chi connectivity index (χ2v) is 14.8. The number of aliphatic hydroxyl groups is 3. The van der Waals surface area contributed by atoms with Crippen LogP contribution in [-0.2, 0) is 22.7 Å². The monoisotopic (exact) mass is 801 g/mol. The van der Waals surface area contributed by atoms with E-state index in [9.17, 15) is 41.0 Å². The molecule has 2 amide bonds. The number of likely N-dealkylation sites (tertiary alicyclic amines) is 2. The van der Waals surface area contributed by atoms with E-state index in [2.05, 4.69) is 4.98 Å². The third-order valence-electron chi connectivity index (χ3n) is 10.1. The minimum absolute atomic E-state index is 0.0129. The van der Waals surface area contributed by atoms with Crippen LogP contribution in [0.15, 0.2) is 54.0 Å². The van der Waals surface area contributed by atoms with Crippen molar-refractivity contribution in [1.29, 1.82) is 0 Å². The number of carbonyl (C=O) groups is 2. The molecule has 5 rings (SSSR count). The number of carbonyl (C=O) groups excluding carboxylic acids is 2. The number of halogens is 6. The van der Waals surface area contributed by atoms with Gasteiger partial charge >= 0.3 is 12.4 Å². The largest absolute Gasteiger partial charge is 0.493 e. The summed E-state index contributed by atoms with van der Waals surface area (Å²) in [7, 11) is 0. The predicted octanol–water partition coefficient (Wildman–Crippen LogP) is 7.16. The SMILES string of the molecule is CCC[C@H]1N(C(=O)c2ncccc2C(F)(F)F)CCC[C@@]1(Oc1csc(C(F)(F)F)c1)C(=O)N1CCC(O)(c2ccccc2OCCCCCC(O)O)CC1. The average Bonchev–Trinajstić information content (AvgIpc) is 3.62. The number of hydrogen-bond donors (Lipinski definition) is 3. The highest BCUT2D eigenvalue weighted by molar-refractivity contribution is 7.10. The number of thiophene rings is 1. The zero-order chi connectivity index (χ0) is 40.0. The van der Waals surface area contributed by atoms with Gasteiger partial charge in [0.05, 0.1) is 23.8 Å². The van der Waals surface area contributed by atoms with Crippen LogP contribution in [0.4, 0.5) is 26.3 Å². The number of rotatable bonds is 14. The molecule has 302 valence electrons. The quantitative estimate of drug-likeness (QED) is 0.0890. The smallest absolute Gasteiger partial charge is 0.425 e. The third-order valence-corrected chi connectivity index (χ3v) is 11.1. The standard InChI is InChI=1S/C38H45F6N3O7S/c1-2-10-29-36(54-25-23-30(55-24-25)38(42,43)44,15-9-19-47(29)33(50)32-27(37(39,40)41)12-8-18-45-32)34(51)46-20-16-35(52,17-21-46)26-11-5-6-13-28(26)53-22-7-3-4-14-31(48)49/h5-6,8,11-13,18,23-24,29,31,48-49,52H,2-4,7,9-10,14-17,19-22H2,1H3/t29-,36+/m1/s1. The van der Waals surface area contributed by atoms with Crippen molar-refractivity contribution in [2.75, 3.05) is 26.2 Å². The first-order valence-electron chi connectivity index (χ1n) is 18.3. The fourth-order valence-electron chi connectivity index (χ4n) is 7.46. The molecular formula is C38H45F6N3O7S. The maximum atomic E-state index is 14.9. The fourth-order valence-corrected chi connectivity index (χ4v) is 8.13. The van der Waals surface area contributed by atoms with E-state index in [0.29, 0.717) is 54.9 Å². The second kappa shape index (κ2) is 17.5. The van der Waals surface area contributed by atoms with Gasteiger partial charge in [0.1, 0.15) is 22.1 Å². The molecule has 2 aliphatic rings. The van der Waals surface area contributed by atoms with E-state index in [1.54, 1.807) is 31.2 Å². The number of ether oxygens (including phenoxy) is 2. The molecule has 55 heavy (non-hydrogen) atoms. The van der Waals surface area contributed by atoms with Gasteiger partial charge in [0, 0.05) is 49.3 Å². The molecular weight excluding hydrogens is 756 g/mol. The van der Waals surface area contributed by atoms with Crippen LogP contribution in [0, 0.1) is 0 Å². The van der Waals surface area contributed by atoms with E-state index < -0.39 is 63.8 Å². The summed E-state index contributed by atoms with van der Waals surface area (Å²) >= 11 is 0.368. The molecule has 10 nitrogen and oxygen atoms in total. The predicted molar refractivity (Wildman–Crippen MR) is 189 cm³/mol. The number of aromatic nitrogens is 1. The van der Waals surface area contributed by atoms with Gasteiger partial charge in [-0.15, -0.1) is 11.3 Å². The Labute approximate surface area is 318 Å². The van der Waals surface area contributed by atoms with Crippen molar-refractivity contribution in [2.45, 2.75) is 107 Å². The van der Waals surface area contributed by atoms with Crippen LogP contribution < -0.4 is 9.47 Å². The van der Waals surface area contributed by atoms with E-state index in [0.717, 1.165) is 34.7 Å². The molecule has 2 saturated heterocycles. The maximum Gasteiger partial charge on any atom is 0.425 e. The molecule has 1 aromatic carbocycles. The Morgan fingerprint density at radius 3 is 2.36 bits per heavy atom. The minimum Gasteiger partial charge on any atom is -0.493 e. The number of benzene rings is 1. The molecule has 4 heterocycles. The van der Waals surface area contributed by atoms with Gasteiger partial charge in [0.15, 0.2) is 6.29 Å². The van der Waals surface area contributed by atoms with Gasteiger partial charge in [0.2, 0.25) is 5.60 Å². The van der Waals surface area contributed by atoms with E-state index in [4.69, 9.17) is 19.7 Å². The van der Waals surface area contributed by atoms with E-state index in [1.165, 1.54) is 4.90 Å². The number of para-hydroxylation sites is 1. The van der Waals surface area contributed by atoms with Crippen LogP contribution in [0.1, 0.15) is 97.6 Å². The van der Waals surface area contributed by atoms with Crippen LogP contribution >= 0.6 is 11.3 Å². The van der Waals surface area contributed by atoms with Crippen LogP contribution in [0.2, 0.25) is 0 Å². The second-order valence-electron chi connectivity index (χ2n) is 13.9. The van der Waals surface area contributed by atoms with E-state index >= 15 is 0 Å². The lowest BCUT2D eigenvalue weighted by Crippen LogP contribution is -2.68. The van der Waals surface area contributed by atoms with Crippen molar-refractivity contribution in [3.63, 3.8) is 0 Å². The average molecular weight is 802 g/mol. The number of aliphatic hydroxyl groups excluding tert-OH is 1. The Bertz CT molecular complexity index is 1760. The van der Waals surface area contributed by atoms with Crippen molar-refractivity contribution in [1.82, 2.24) is 14.8 Å². The van der Waals surface area contributed by atoms with Gasteiger partial charge < -0.3 is 34.6 Å². The molecule has 0 radical (unpaired) electrons. The van der Waals surface area contributed by atoms with Gasteiger partial charge in [0.25, 0.3) is 11.8 Å². The van der Waals surface area contributed by atoms with E-state index in [1.807, 2.05) is 0 Å². The lowest BCUT2D eigenvalue weighted by molar-refractivity contribution is -0.163. The summed E-state index contributed by atoms with van der Waals surface area (Å²) in [5.74, 6) is -1.55. The highest BCUT2D eigenvalue weighted by Crippen LogP contribution is 2.44. The summed E-state index contributed by atoms with van der Waals surface area (Å²) in [5.41, 5.74) is -5.02. The maximum absolute atomic E-state index is 14.9. The van der Waals surface area contributed by atoms with Crippen molar-refractivity contribution >= 4 is 23.2 Å². The molecule has 17 heteroatoms. The summed E-state index contributed by atoms with van der Waals surface area (Å²) < 4.78 is 95.5. The normalized spacial score (nSPS) is 20.5. The fraction of sp³-hybridized carbons (Fsp3) is 0.553. The van der Waals surface area contributed by atoms with Crippen molar-refractivity contribution in [2.24, 2.45) is 0 Å². The molecule has 0 aliphatic carbocycles. The number of alkyl halides is 6. The van der Waals surface area contributed by atoms with Gasteiger partial charge in [-0.1, -0.05) is 31.5 Å². The zero-order valence-corrected chi connectivity index (χ0v) is 31.1. The zero-order valence-electron chi connectivity index (χ0n) is 30.2. The van der Waals surface area contributed by atoms with Gasteiger partial charge in [-0.2, -0.15) is 26.3 Å². The summed E-state index contributed by atoms with van der Waals surface area (Å²) in [4.78, 5) is 34.3. The van der Waals surface area contributed by atoms with E-state index in [-0.39, 0.29) is 63.9 Å². The number of nitrogens with zero attached hydrogens (tertiary/aromatic N) is 3. The van der Waals surface area contributed by atoms with Gasteiger partial charge in [-0.05, 0) is 69.6 Å². The molecule has 3 N–H and O–H groups in total. The number of piperidine rings is 2. The van der Waals surface area contributed by atoms with Crippen LogP contribution in [-0.4, -0.2) is 86.1 Å². The Kier molecular flexibility index (Phi) is 13.4. The lowest BCUT2D eigenvalue weighted by atomic mass is 9.78. The summed E-state index contributed by atoms with van der Waals surface area (Å²) in [6.45, 7) is 1.99. The van der Waals surface area contributed by atoms with Crippen LogP contribution in [0.5, 0.6) is 11.5 Å². The Hall–Kier alpha value is -3.93. The number of amides is 2. The highest BCUT2D eigenvalue weighted by atomic mass is 32.1. The molecule has 0 saturated carbocycles. The number of pyridine rings is 1. The molecule has 2 aromatic heterocycles. The topological polar surface area (TPSA) is 133 Å². The molecule has 2 aliphatic heterocycles. The Morgan fingerprint density at radius 1 is 0.982 bits per heavy atom. The van der Waals surface area contributed by atoms with Crippen LogP contribution in [0.25, 0.3) is 0 Å². The minimum atomic E-state index is -4.91. The number of unbranched alkanes of at least 4 members (excludes halogenated alkanes) is 2. The van der Waals surface area contributed by atoms with Crippen molar-refractivity contribution in [3.05, 3.63) is 75.7 Å². The van der Waals surface area contributed by atoms with Gasteiger partial charge in [-0.25, -0.2) is 0 Å². The molecule has 2 atom stereocenters. The van der Waals surface area contributed by atoms with Crippen molar-refractivity contribution in [3.8, 4) is 11.5 Å². The first kappa shape index (κ1) is 42.2. The summed E-state index contributed by atoms with van der Waals surface area (Å²) in [5, 5.41) is 31.1. The lowest BCUT2D eigenvalue weighted by Gasteiger charge is -2.51. The third kappa shape index (κ3) is 9.73. The first-order valence-corrected chi connectivity index (χ1v) is 19.2. The summed E-state index contributed by atoms with van der Waals surface area (Å²) in [6, 6.07) is 8.33. The first-order chi connectivity index (χ1) is 26.0. The Balaban J connectivity index is 1.43. The molecule has 2 fully saturated rings. The van der Waals surface area contributed by atoms with Crippen LogP contribution in [0.3, 0.4) is 0 Å². The Morgan fingerprint density at radius 2 is 1.71 bits per heavy atom. The van der Waals surface area contributed by atoms with Gasteiger partial charge in [-0.3, -0.25) is 14.6 Å². The van der Waals surface area contributed by atoms with Crippen molar-refractivity contribution < 1.29 is 60.7 Å². The summed E-state index contributed by atoms with van der Waals surface area (Å²) in [6.07, 6.45) is -7.19. The number of hydrogen-bond acceptors (Lipinski definition) is 9. The molecule has 0 unspecified atom stereocenters. The molecule has 0 bridgehead atoms. The highest BCUT2D eigenvalue weighted by Gasteiger charge is 2.56. The molecule has 0 spiro atoms.